The summed E-state index contributed by atoms with van der Waals surface area (Å²) in [5, 5.41) is 3.47. The fourth-order valence-electron chi connectivity index (χ4n) is 3.50. The first kappa shape index (κ1) is 22.1. The van der Waals surface area contributed by atoms with Crippen molar-refractivity contribution < 1.29 is 4.79 Å². The predicted molar refractivity (Wildman–Crippen MR) is 137 cm³/mol. The first-order valence-corrected chi connectivity index (χ1v) is 12.3. The lowest BCUT2D eigenvalue weighted by Gasteiger charge is -2.09. The standard InChI is InChI=1S/C24H21Br2N3OS/c1-4-16-5-9-18(10-6-16)27-24-28-23(30)21(31-24)13-20-14(2)29(15(3)22(20)26)19-11-7-17(25)8-12-19/h5-13H,4H2,1-3H3,(H,27,28,30)/b21-13-. The molecule has 7 heteroatoms. The zero-order chi connectivity index (χ0) is 22.1. The van der Waals surface area contributed by atoms with E-state index in [2.05, 4.69) is 91.8 Å². The molecule has 1 fully saturated rings. The average Bonchev–Trinajstić information content (AvgIpc) is 3.21. The minimum atomic E-state index is -0.130. The van der Waals surface area contributed by atoms with E-state index in [1.54, 1.807) is 0 Å². The highest BCUT2D eigenvalue weighted by Crippen LogP contribution is 2.35. The van der Waals surface area contributed by atoms with E-state index in [0.29, 0.717) is 10.1 Å². The van der Waals surface area contributed by atoms with Crippen LogP contribution in [-0.2, 0) is 11.2 Å². The topological polar surface area (TPSA) is 46.4 Å². The monoisotopic (exact) mass is 557 g/mol. The number of aryl methyl sites for hydroxylation is 1. The van der Waals surface area contributed by atoms with Gasteiger partial charge in [0.25, 0.3) is 5.91 Å². The lowest BCUT2D eigenvalue weighted by molar-refractivity contribution is -0.115. The number of rotatable bonds is 4. The summed E-state index contributed by atoms with van der Waals surface area (Å²) in [4.78, 5) is 17.8. The van der Waals surface area contributed by atoms with Gasteiger partial charge in [0.2, 0.25) is 0 Å². The molecule has 0 saturated carbocycles. The molecule has 3 aromatic rings. The molecule has 1 saturated heterocycles. The molecule has 1 aromatic heterocycles. The van der Waals surface area contributed by atoms with Gasteiger partial charge in [-0.2, -0.15) is 0 Å². The lowest BCUT2D eigenvalue weighted by atomic mass is 10.2. The third kappa shape index (κ3) is 4.59. The molecular formula is C24H21Br2N3OS. The number of benzene rings is 2. The van der Waals surface area contributed by atoms with Crippen molar-refractivity contribution in [2.75, 3.05) is 0 Å². The molecule has 1 N–H and O–H groups in total. The highest BCUT2D eigenvalue weighted by molar-refractivity contribution is 9.10. The van der Waals surface area contributed by atoms with Crippen molar-refractivity contribution in [3.63, 3.8) is 0 Å². The fourth-order valence-corrected chi connectivity index (χ4v) is 5.17. The number of aliphatic imine (C=N–C) groups is 1. The smallest absolute Gasteiger partial charge is 0.264 e. The average molecular weight is 559 g/mol. The van der Waals surface area contributed by atoms with Crippen LogP contribution in [0, 0.1) is 13.8 Å². The number of hydrogen-bond donors (Lipinski definition) is 1. The van der Waals surface area contributed by atoms with E-state index < -0.39 is 0 Å². The Balaban J connectivity index is 1.65. The zero-order valence-electron chi connectivity index (χ0n) is 17.4. The Bertz CT molecular complexity index is 1210. The summed E-state index contributed by atoms with van der Waals surface area (Å²) in [6, 6.07) is 16.3. The summed E-state index contributed by atoms with van der Waals surface area (Å²) in [7, 11) is 0. The van der Waals surface area contributed by atoms with Gasteiger partial charge in [0.05, 0.1) is 10.6 Å². The lowest BCUT2D eigenvalue weighted by Crippen LogP contribution is -2.19. The molecule has 0 spiro atoms. The van der Waals surface area contributed by atoms with Gasteiger partial charge in [-0.3, -0.25) is 4.79 Å². The van der Waals surface area contributed by atoms with Crippen LogP contribution in [0.25, 0.3) is 11.8 Å². The number of thioether (sulfide) groups is 1. The van der Waals surface area contributed by atoms with Crippen LogP contribution in [0.3, 0.4) is 0 Å². The maximum Gasteiger partial charge on any atom is 0.264 e. The summed E-state index contributed by atoms with van der Waals surface area (Å²) in [6.45, 7) is 6.25. The van der Waals surface area contributed by atoms with Crippen LogP contribution >= 0.6 is 43.6 Å². The second kappa shape index (κ2) is 9.18. The van der Waals surface area contributed by atoms with Gasteiger partial charge in [-0.05, 0) is 96.0 Å². The number of hydrogen-bond acceptors (Lipinski definition) is 3. The minimum Gasteiger partial charge on any atom is -0.317 e. The Hall–Kier alpha value is -2.09. The molecule has 1 amide bonds. The van der Waals surface area contributed by atoms with Crippen LogP contribution in [0.1, 0.15) is 29.4 Å². The highest BCUT2D eigenvalue weighted by Gasteiger charge is 2.25. The van der Waals surface area contributed by atoms with E-state index in [-0.39, 0.29) is 5.91 Å². The molecule has 158 valence electrons. The van der Waals surface area contributed by atoms with E-state index in [0.717, 1.165) is 43.7 Å². The molecule has 31 heavy (non-hydrogen) atoms. The van der Waals surface area contributed by atoms with Crippen LogP contribution in [0.2, 0.25) is 0 Å². The zero-order valence-corrected chi connectivity index (χ0v) is 21.4. The van der Waals surface area contributed by atoms with E-state index in [1.165, 1.54) is 17.3 Å². The highest BCUT2D eigenvalue weighted by atomic mass is 79.9. The first-order valence-electron chi connectivity index (χ1n) is 9.89. The van der Waals surface area contributed by atoms with Gasteiger partial charge in [-0.1, -0.05) is 35.0 Å². The minimum absolute atomic E-state index is 0.130. The number of amides is 1. The summed E-state index contributed by atoms with van der Waals surface area (Å²) >= 11 is 8.58. The summed E-state index contributed by atoms with van der Waals surface area (Å²) in [5.74, 6) is -0.130. The van der Waals surface area contributed by atoms with Crippen molar-refractivity contribution in [3.8, 4) is 5.69 Å². The number of amidine groups is 1. The first-order chi connectivity index (χ1) is 14.9. The molecule has 2 aromatic carbocycles. The molecule has 0 atom stereocenters. The van der Waals surface area contributed by atoms with Crippen LogP contribution in [-0.4, -0.2) is 15.6 Å². The van der Waals surface area contributed by atoms with Crippen molar-refractivity contribution in [2.24, 2.45) is 4.99 Å². The fraction of sp³-hybridized carbons (Fsp3) is 0.167. The molecule has 0 bridgehead atoms. The van der Waals surface area contributed by atoms with Crippen molar-refractivity contribution >= 4 is 66.5 Å². The van der Waals surface area contributed by atoms with Gasteiger partial charge in [-0.15, -0.1) is 0 Å². The second-order valence-electron chi connectivity index (χ2n) is 7.21. The van der Waals surface area contributed by atoms with Crippen LogP contribution in [0.4, 0.5) is 5.69 Å². The SMILES string of the molecule is CCc1ccc(N=C2NC(=O)/C(=C/c3c(Br)c(C)n(-c4ccc(Br)cc4)c3C)S2)cc1. The van der Waals surface area contributed by atoms with E-state index in [9.17, 15) is 4.79 Å². The van der Waals surface area contributed by atoms with Gasteiger partial charge in [0.15, 0.2) is 5.17 Å². The van der Waals surface area contributed by atoms with E-state index >= 15 is 0 Å². The number of nitrogens with one attached hydrogen (secondary N) is 1. The largest absolute Gasteiger partial charge is 0.317 e. The Morgan fingerprint density at radius 1 is 1.03 bits per heavy atom. The predicted octanol–water partition coefficient (Wildman–Crippen LogP) is 7.07. The van der Waals surface area contributed by atoms with Crippen molar-refractivity contribution in [2.45, 2.75) is 27.2 Å². The number of halogens is 2. The third-order valence-corrected chi connectivity index (χ3v) is 7.64. The molecule has 0 aliphatic carbocycles. The summed E-state index contributed by atoms with van der Waals surface area (Å²) in [6.07, 6.45) is 2.92. The molecule has 4 rings (SSSR count). The van der Waals surface area contributed by atoms with E-state index in [1.807, 2.05) is 30.3 Å². The van der Waals surface area contributed by atoms with Gasteiger partial charge in [0, 0.05) is 31.6 Å². The van der Waals surface area contributed by atoms with Gasteiger partial charge >= 0.3 is 0 Å². The Morgan fingerprint density at radius 3 is 2.35 bits per heavy atom. The van der Waals surface area contributed by atoms with Crippen LogP contribution < -0.4 is 5.32 Å². The Labute approximate surface area is 203 Å². The quantitative estimate of drug-likeness (QED) is 0.348. The maximum absolute atomic E-state index is 12.6. The van der Waals surface area contributed by atoms with Gasteiger partial charge in [-0.25, -0.2) is 4.99 Å². The number of carbonyl (C=O) groups is 1. The van der Waals surface area contributed by atoms with E-state index in [4.69, 9.17) is 0 Å². The van der Waals surface area contributed by atoms with Crippen molar-refractivity contribution in [3.05, 3.63) is 84.9 Å². The molecule has 0 radical (unpaired) electrons. The second-order valence-corrected chi connectivity index (χ2v) is 9.95. The van der Waals surface area contributed by atoms with Crippen molar-refractivity contribution in [1.29, 1.82) is 0 Å². The normalized spacial score (nSPS) is 16.4. The number of nitrogens with zero attached hydrogens (tertiary/aromatic N) is 2. The van der Waals surface area contributed by atoms with Gasteiger partial charge < -0.3 is 9.88 Å². The Kier molecular flexibility index (Phi) is 6.55. The van der Waals surface area contributed by atoms with Crippen LogP contribution in [0.5, 0.6) is 0 Å². The molecule has 1 aliphatic heterocycles. The summed E-state index contributed by atoms with van der Waals surface area (Å²) in [5.41, 5.74) is 6.30. The Morgan fingerprint density at radius 2 is 1.71 bits per heavy atom. The third-order valence-electron chi connectivity index (χ3n) is 5.20. The molecule has 2 heterocycles. The molecule has 0 unspecified atom stereocenters. The molecule has 1 aliphatic rings. The number of carbonyl (C=O) groups excluding carboxylic acids is 1. The maximum atomic E-state index is 12.6. The van der Waals surface area contributed by atoms with Crippen molar-refractivity contribution in [1.82, 2.24) is 9.88 Å². The summed E-state index contributed by atoms with van der Waals surface area (Å²) < 4.78 is 4.20. The number of aromatic nitrogens is 1. The van der Waals surface area contributed by atoms with Crippen LogP contribution in [0.15, 0.2) is 67.4 Å². The van der Waals surface area contributed by atoms with Gasteiger partial charge in [0.1, 0.15) is 0 Å². The molecule has 4 nitrogen and oxygen atoms in total. The molecular weight excluding hydrogens is 538 g/mol.